The SMILES string of the molecule is CCNC(=O)CC(O)CNC(=O)Nc1snc(OCc2c(F)cc(Br)cc2F)c1C(N)=O. The molecule has 0 saturated heterocycles. The Morgan fingerprint density at radius 1 is 1.28 bits per heavy atom. The second-order valence-electron chi connectivity index (χ2n) is 6.34. The summed E-state index contributed by atoms with van der Waals surface area (Å²) in [7, 11) is 0. The maximum Gasteiger partial charge on any atom is 0.320 e. The van der Waals surface area contributed by atoms with Gasteiger partial charge in [-0.15, -0.1) is 0 Å². The van der Waals surface area contributed by atoms with Crippen LogP contribution in [0.2, 0.25) is 0 Å². The number of primary amides is 1. The number of halogens is 3. The summed E-state index contributed by atoms with van der Waals surface area (Å²) in [5.41, 5.74) is 4.66. The molecule has 1 heterocycles. The van der Waals surface area contributed by atoms with Crippen molar-refractivity contribution in [1.29, 1.82) is 0 Å². The molecule has 1 unspecified atom stereocenters. The number of ether oxygens (including phenoxy) is 1. The van der Waals surface area contributed by atoms with E-state index < -0.39 is 36.3 Å². The average molecular weight is 536 g/mol. The van der Waals surface area contributed by atoms with Gasteiger partial charge in [0.15, 0.2) is 0 Å². The first kappa shape index (κ1) is 25.4. The van der Waals surface area contributed by atoms with Crippen LogP contribution in [0.3, 0.4) is 0 Å². The minimum Gasteiger partial charge on any atom is -0.471 e. The van der Waals surface area contributed by atoms with Crippen molar-refractivity contribution in [1.82, 2.24) is 15.0 Å². The van der Waals surface area contributed by atoms with Gasteiger partial charge in [0, 0.05) is 17.6 Å². The molecule has 0 radical (unpaired) electrons. The Labute approximate surface area is 193 Å². The van der Waals surface area contributed by atoms with E-state index in [0.29, 0.717) is 18.1 Å². The van der Waals surface area contributed by atoms with Gasteiger partial charge in [0.2, 0.25) is 11.8 Å². The maximum atomic E-state index is 14.0. The molecule has 14 heteroatoms. The summed E-state index contributed by atoms with van der Waals surface area (Å²) in [6, 6.07) is 1.30. The molecular weight excluding hydrogens is 516 g/mol. The zero-order chi connectivity index (χ0) is 23.8. The zero-order valence-corrected chi connectivity index (χ0v) is 19.1. The van der Waals surface area contributed by atoms with Crippen LogP contribution in [0.1, 0.15) is 29.3 Å². The zero-order valence-electron chi connectivity index (χ0n) is 16.7. The van der Waals surface area contributed by atoms with E-state index in [9.17, 15) is 28.3 Å². The van der Waals surface area contributed by atoms with Crippen molar-refractivity contribution in [3.8, 4) is 5.88 Å². The summed E-state index contributed by atoms with van der Waals surface area (Å²) in [6.07, 6.45) is -1.33. The van der Waals surface area contributed by atoms with Crippen LogP contribution in [0, 0.1) is 11.6 Å². The average Bonchev–Trinajstić information content (AvgIpc) is 3.08. The number of amides is 4. The number of carbonyl (C=O) groups excluding carboxylic acids is 3. The van der Waals surface area contributed by atoms with Gasteiger partial charge in [-0.05, 0) is 30.6 Å². The van der Waals surface area contributed by atoms with Gasteiger partial charge >= 0.3 is 6.03 Å². The molecule has 32 heavy (non-hydrogen) atoms. The van der Waals surface area contributed by atoms with Gasteiger partial charge < -0.3 is 26.2 Å². The molecule has 0 aliphatic heterocycles. The summed E-state index contributed by atoms with van der Waals surface area (Å²) in [5, 5.41) is 16.9. The molecule has 2 aromatic rings. The van der Waals surface area contributed by atoms with Crippen LogP contribution in [-0.4, -0.2) is 46.5 Å². The van der Waals surface area contributed by atoms with Crippen molar-refractivity contribution in [2.75, 3.05) is 18.4 Å². The largest absolute Gasteiger partial charge is 0.471 e. The highest BCUT2D eigenvalue weighted by Crippen LogP contribution is 2.31. The van der Waals surface area contributed by atoms with E-state index in [1.807, 2.05) is 0 Å². The lowest BCUT2D eigenvalue weighted by molar-refractivity contribution is -0.122. The summed E-state index contributed by atoms with van der Waals surface area (Å²) < 4.78 is 37.2. The minimum absolute atomic E-state index is 0.0695. The quantitative estimate of drug-likeness (QED) is 0.312. The van der Waals surface area contributed by atoms with Crippen molar-refractivity contribution in [2.45, 2.75) is 26.1 Å². The number of anilines is 1. The van der Waals surface area contributed by atoms with Gasteiger partial charge in [0.1, 0.15) is 28.8 Å². The van der Waals surface area contributed by atoms with Crippen molar-refractivity contribution in [3.05, 3.63) is 39.4 Å². The molecule has 2 rings (SSSR count). The Bertz CT molecular complexity index is 983. The molecule has 0 spiro atoms. The second-order valence-corrected chi connectivity index (χ2v) is 8.03. The Kier molecular flexibility index (Phi) is 9.28. The number of carbonyl (C=O) groups is 3. The minimum atomic E-state index is -1.13. The highest BCUT2D eigenvalue weighted by Gasteiger charge is 2.23. The predicted octanol–water partition coefficient (Wildman–Crippen LogP) is 1.87. The van der Waals surface area contributed by atoms with Crippen LogP contribution in [0.25, 0.3) is 0 Å². The van der Waals surface area contributed by atoms with Crippen LogP contribution >= 0.6 is 27.5 Å². The number of hydrogen-bond acceptors (Lipinski definition) is 7. The van der Waals surface area contributed by atoms with Gasteiger partial charge in [-0.3, -0.25) is 14.9 Å². The highest BCUT2D eigenvalue weighted by atomic mass is 79.9. The third-order valence-corrected chi connectivity index (χ3v) is 5.09. The number of urea groups is 1. The first-order valence-electron chi connectivity index (χ1n) is 9.17. The fourth-order valence-electron chi connectivity index (χ4n) is 2.44. The van der Waals surface area contributed by atoms with Gasteiger partial charge in [-0.2, -0.15) is 4.37 Å². The molecular formula is C18H20BrF2N5O5S. The molecule has 0 bridgehead atoms. The highest BCUT2D eigenvalue weighted by molar-refractivity contribution is 9.10. The maximum absolute atomic E-state index is 14.0. The van der Waals surface area contributed by atoms with Gasteiger partial charge in [0.25, 0.3) is 5.91 Å². The molecule has 1 aromatic heterocycles. The van der Waals surface area contributed by atoms with Crippen molar-refractivity contribution in [3.63, 3.8) is 0 Å². The number of nitrogens with zero attached hydrogens (tertiary/aromatic N) is 1. The Hall–Kier alpha value is -2.84. The van der Waals surface area contributed by atoms with E-state index in [4.69, 9.17) is 10.5 Å². The number of nitrogens with one attached hydrogen (secondary N) is 3. The summed E-state index contributed by atoms with van der Waals surface area (Å²) in [6.45, 7) is 1.32. The smallest absolute Gasteiger partial charge is 0.320 e. The summed E-state index contributed by atoms with van der Waals surface area (Å²) in [5.74, 6) is -3.40. The fraction of sp³-hybridized carbons (Fsp3) is 0.333. The van der Waals surface area contributed by atoms with E-state index in [-0.39, 0.29) is 45.4 Å². The lowest BCUT2D eigenvalue weighted by Crippen LogP contribution is -2.38. The lowest BCUT2D eigenvalue weighted by Gasteiger charge is -2.12. The number of aromatic nitrogens is 1. The van der Waals surface area contributed by atoms with Gasteiger partial charge in [-0.1, -0.05) is 15.9 Å². The molecule has 6 N–H and O–H groups in total. The molecule has 0 fully saturated rings. The molecule has 0 saturated carbocycles. The number of nitrogens with two attached hydrogens (primary N) is 1. The number of aliphatic hydroxyl groups excluding tert-OH is 1. The molecule has 1 aromatic carbocycles. The fourth-order valence-corrected chi connectivity index (χ4v) is 3.58. The third kappa shape index (κ3) is 7.10. The van der Waals surface area contributed by atoms with Crippen LogP contribution in [0.5, 0.6) is 5.88 Å². The van der Waals surface area contributed by atoms with E-state index in [0.717, 1.165) is 12.1 Å². The normalized spacial score (nSPS) is 11.5. The second kappa shape index (κ2) is 11.7. The summed E-state index contributed by atoms with van der Waals surface area (Å²) in [4.78, 5) is 35.3. The summed E-state index contributed by atoms with van der Waals surface area (Å²) >= 11 is 3.63. The molecule has 1 atom stereocenters. The number of benzene rings is 1. The predicted molar refractivity (Wildman–Crippen MR) is 115 cm³/mol. The molecule has 0 aliphatic rings. The first-order valence-corrected chi connectivity index (χ1v) is 10.7. The third-order valence-electron chi connectivity index (χ3n) is 3.89. The first-order chi connectivity index (χ1) is 15.1. The van der Waals surface area contributed by atoms with Gasteiger partial charge in [0.05, 0.1) is 18.1 Å². The Morgan fingerprint density at radius 2 is 1.94 bits per heavy atom. The molecule has 4 amide bonds. The van der Waals surface area contributed by atoms with E-state index >= 15 is 0 Å². The monoisotopic (exact) mass is 535 g/mol. The van der Waals surface area contributed by atoms with Crippen LogP contribution < -0.4 is 26.4 Å². The Balaban J connectivity index is 2.01. The van der Waals surface area contributed by atoms with Crippen molar-refractivity contribution in [2.24, 2.45) is 5.73 Å². The van der Waals surface area contributed by atoms with Crippen LogP contribution in [0.15, 0.2) is 16.6 Å². The Morgan fingerprint density at radius 3 is 2.53 bits per heavy atom. The van der Waals surface area contributed by atoms with Crippen LogP contribution in [-0.2, 0) is 11.4 Å². The van der Waals surface area contributed by atoms with E-state index in [2.05, 4.69) is 36.3 Å². The van der Waals surface area contributed by atoms with Gasteiger partial charge in [-0.25, -0.2) is 13.6 Å². The number of hydrogen-bond donors (Lipinski definition) is 5. The number of aliphatic hydroxyl groups is 1. The van der Waals surface area contributed by atoms with Crippen molar-refractivity contribution >= 4 is 50.3 Å². The molecule has 0 aliphatic carbocycles. The van der Waals surface area contributed by atoms with E-state index in [1.54, 1.807) is 6.92 Å². The van der Waals surface area contributed by atoms with E-state index in [1.165, 1.54) is 0 Å². The molecule has 10 nitrogen and oxygen atoms in total. The standard InChI is InChI=1S/C18H20BrF2N5O5S/c1-2-23-13(28)5-9(27)6-24-18(30)25-17-14(15(22)29)16(26-32-17)31-7-10-11(20)3-8(19)4-12(10)21/h3-4,9,27H,2,5-7H2,1H3,(H2,22,29)(H,23,28)(H2,24,25,30). The lowest BCUT2D eigenvalue weighted by atomic mass is 10.2. The molecule has 174 valence electrons. The number of rotatable bonds is 10. The van der Waals surface area contributed by atoms with Crippen LogP contribution in [0.4, 0.5) is 18.6 Å². The topological polar surface area (TPSA) is 156 Å². The van der Waals surface area contributed by atoms with Crippen molar-refractivity contribution < 1.29 is 33.0 Å².